The number of hydrogen-bond acceptors (Lipinski definition) is 6. The summed E-state index contributed by atoms with van der Waals surface area (Å²) in [7, 11) is 0. The van der Waals surface area contributed by atoms with Crippen LogP contribution in [0.25, 0.3) is 0 Å². The van der Waals surface area contributed by atoms with E-state index >= 15 is 0 Å². The molecule has 4 atom stereocenters. The predicted molar refractivity (Wildman–Crippen MR) is 115 cm³/mol. The number of alkyl halides is 4. The van der Waals surface area contributed by atoms with Crippen molar-refractivity contribution >= 4 is 11.6 Å². The van der Waals surface area contributed by atoms with Crippen LogP contribution in [0.1, 0.15) is 40.5 Å². The lowest BCUT2D eigenvalue weighted by molar-refractivity contribution is -0.137. The molecule has 11 heteroatoms. The number of rotatable bonds is 7. The van der Waals surface area contributed by atoms with E-state index < -0.39 is 29.7 Å². The topological polar surface area (TPSA) is 92.9 Å². The summed E-state index contributed by atoms with van der Waals surface area (Å²) < 4.78 is 54.9. The molecular weight excluding hydrogens is 454 g/mol. The van der Waals surface area contributed by atoms with Crippen molar-refractivity contribution in [3.8, 4) is 0 Å². The second kappa shape index (κ2) is 9.49. The van der Waals surface area contributed by atoms with Crippen LogP contribution in [-0.4, -0.2) is 49.5 Å². The first-order valence-electron chi connectivity index (χ1n) is 10.7. The summed E-state index contributed by atoms with van der Waals surface area (Å²) in [5, 5.41) is 16.6. The van der Waals surface area contributed by atoms with E-state index in [9.17, 15) is 27.5 Å². The van der Waals surface area contributed by atoms with Crippen molar-refractivity contribution in [2.24, 2.45) is 11.8 Å². The molecule has 0 unspecified atom stereocenters. The van der Waals surface area contributed by atoms with Crippen molar-refractivity contribution in [1.82, 2.24) is 19.7 Å². The third-order valence-electron chi connectivity index (χ3n) is 6.17. The number of carbonyl (C=O) groups is 1. The third kappa shape index (κ3) is 4.93. The van der Waals surface area contributed by atoms with Crippen LogP contribution >= 0.6 is 0 Å². The number of aliphatic hydroxyl groups excluding tert-OH is 1. The Balaban J connectivity index is 1.51. The Morgan fingerprint density at radius 1 is 1.29 bits per heavy atom. The zero-order chi connectivity index (χ0) is 24.5. The molecule has 1 aromatic carbocycles. The van der Waals surface area contributed by atoms with Crippen molar-refractivity contribution in [2.45, 2.75) is 38.3 Å². The lowest BCUT2D eigenvalue weighted by atomic mass is 9.99. The molecule has 7 nitrogen and oxygen atoms in total. The number of benzene rings is 1. The summed E-state index contributed by atoms with van der Waals surface area (Å²) in [5.41, 5.74) is -0.236. The van der Waals surface area contributed by atoms with E-state index in [1.807, 2.05) is 0 Å². The monoisotopic (exact) mass is 477 g/mol. The molecule has 3 aromatic rings. The Hall–Kier alpha value is -3.34. The number of anilines is 1. The van der Waals surface area contributed by atoms with Gasteiger partial charge in [-0.2, -0.15) is 18.3 Å². The van der Waals surface area contributed by atoms with E-state index in [4.69, 9.17) is 0 Å². The second-order valence-corrected chi connectivity index (χ2v) is 8.44. The van der Waals surface area contributed by atoms with Crippen LogP contribution in [0.2, 0.25) is 0 Å². The van der Waals surface area contributed by atoms with E-state index in [-0.39, 0.29) is 42.1 Å². The Kier molecular flexibility index (Phi) is 6.65. The molecule has 1 aliphatic rings. The number of nitrogens with zero attached hydrogens (tertiary/aromatic N) is 4. The maximum atomic E-state index is 14.7. The van der Waals surface area contributed by atoms with Crippen molar-refractivity contribution in [2.75, 3.05) is 11.9 Å². The summed E-state index contributed by atoms with van der Waals surface area (Å²) in [4.78, 5) is 21.1. The Morgan fingerprint density at radius 3 is 2.79 bits per heavy atom. The number of aromatic nitrogens is 4. The molecule has 0 bridgehead atoms. The van der Waals surface area contributed by atoms with E-state index in [0.717, 1.165) is 12.1 Å². The average molecular weight is 477 g/mol. The number of aliphatic hydroxyl groups is 1. The van der Waals surface area contributed by atoms with Crippen molar-refractivity contribution < 1.29 is 27.5 Å². The van der Waals surface area contributed by atoms with Gasteiger partial charge >= 0.3 is 6.18 Å². The first-order valence-corrected chi connectivity index (χ1v) is 10.7. The lowest BCUT2D eigenvalue weighted by Crippen LogP contribution is -2.29. The van der Waals surface area contributed by atoms with Crippen LogP contribution in [0, 0.1) is 11.8 Å². The van der Waals surface area contributed by atoms with E-state index in [1.54, 1.807) is 13.0 Å². The van der Waals surface area contributed by atoms with E-state index in [0.29, 0.717) is 12.0 Å². The minimum atomic E-state index is -4.45. The zero-order valence-electron chi connectivity index (χ0n) is 18.2. The number of nitrogens with one attached hydrogen (secondary N) is 1. The summed E-state index contributed by atoms with van der Waals surface area (Å²) in [6, 6.07) is 5.71. The molecule has 0 amide bonds. The van der Waals surface area contributed by atoms with Gasteiger partial charge in [0.1, 0.15) is 24.0 Å². The fraction of sp³-hybridized carbons (Fsp3) is 0.391. The molecule has 2 heterocycles. The maximum absolute atomic E-state index is 14.7. The van der Waals surface area contributed by atoms with Gasteiger partial charge in [0.2, 0.25) is 5.78 Å². The van der Waals surface area contributed by atoms with Crippen molar-refractivity contribution in [3.05, 3.63) is 71.4 Å². The number of carbonyl (C=O) groups excluding carboxylic acids is 1. The van der Waals surface area contributed by atoms with E-state index in [2.05, 4.69) is 20.4 Å². The molecule has 180 valence electrons. The summed E-state index contributed by atoms with van der Waals surface area (Å²) in [5.74, 6) is -0.882. The van der Waals surface area contributed by atoms with Gasteiger partial charge in [-0.15, -0.1) is 0 Å². The minimum Gasteiger partial charge on any atom is -0.396 e. The van der Waals surface area contributed by atoms with Crippen LogP contribution in [0.5, 0.6) is 0 Å². The highest BCUT2D eigenvalue weighted by molar-refractivity contribution is 6.10. The molecule has 2 N–H and O–H groups in total. The van der Waals surface area contributed by atoms with Gasteiger partial charge < -0.3 is 10.4 Å². The van der Waals surface area contributed by atoms with Gasteiger partial charge in [-0.05, 0) is 42.0 Å². The third-order valence-corrected chi connectivity index (χ3v) is 6.17. The number of ketones is 1. The maximum Gasteiger partial charge on any atom is 0.416 e. The first-order chi connectivity index (χ1) is 16.2. The number of halogens is 4. The van der Waals surface area contributed by atoms with Gasteiger partial charge in [0, 0.05) is 19.0 Å². The van der Waals surface area contributed by atoms with Gasteiger partial charge in [0.05, 0.1) is 23.7 Å². The molecule has 2 aromatic heterocycles. The lowest BCUT2D eigenvalue weighted by Gasteiger charge is -2.18. The van der Waals surface area contributed by atoms with Gasteiger partial charge in [0.15, 0.2) is 0 Å². The largest absolute Gasteiger partial charge is 0.416 e. The first kappa shape index (κ1) is 23.8. The number of hydrogen-bond donors (Lipinski definition) is 2. The smallest absolute Gasteiger partial charge is 0.396 e. The van der Waals surface area contributed by atoms with Gasteiger partial charge in [-0.3, -0.25) is 9.48 Å². The fourth-order valence-corrected chi connectivity index (χ4v) is 4.20. The van der Waals surface area contributed by atoms with Crippen molar-refractivity contribution in [1.29, 1.82) is 0 Å². The molecule has 1 aliphatic carbocycles. The standard InChI is InChI=1S/C23H23F4N5O2/c1-13-15(11-33)8-19(20(13)24)30-22-17(9-28-12-29-22)21(34)18-5-6-32(31-18)10-14-3-2-4-16(7-14)23(25,26)27/h2-7,9,12-13,15,19-20,33H,8,10-11H2,1H3,(H,28,29,30)/t13-,15-,19-,20+/m1/s1. The van der Waals surface area contributed by atoms with Crippen LogP contribution in [0.3, 0.4) is 0 Å². The molecule has 1 saturated carbocycles. The SMILES string of the molecule is C[C@@H]1[C@@H](CO)C[C@@H](Nc2ncncc2C(=O)c2ccn(Cc3cccc(C(F)(F)F)c3)n2)[C@H]1F. The van der Waals surface area contributed by atoms with Crippen LogP contribution in [-0.2, 0) is 12.7 Å². The van der Waals surface area contributed by atoms with Crippen molar-refractivity contribution in [3.63, 3.8) is 0 Å². The molecule has 0 aliphatic heterocycles. The average Bonchev–Trinajstić information content (AvgIpc) is 3.38. The summed E-state index contributed by atoms with van der Waals surface area (Å²) >= 11 is 0. The fourth-order valence-electron chi connectivity index (χ4n) is 4.20. The van der Waals surface area contributed by atoms with Crippen LogP contribution < -0.4 is 5.32 Å². The predicted octanol–water partition coefficient (Wildman–Crippen LogP) is 3.74. The summed E-state index contributed by atoms with van der Waals surface area (Å²) in [6.07, 6.45) is -1.25. The Morgan fingerprint density at radius 2 is 2.09 bits per heavy atom. The Labute approximate surface area is 192 Å². The van der Waals surface area contributed by atoms with Crippen LogP contribution in [0.4, 0.5) is 23.4 Å². The molecule has 4 rings (SSSR count). The zero-order valence-corrected chi connectivity index (χ0v) is 18.2. The molecule has 0 spiro atoms. The molecule has 0 saturated heterocycles. The highest BCUT2D eigenvalue weighted by atomic mass is 19.4. The molecule has 0 radical (unpaired) electrons. The molecular formula is C23H23F4N5O2. The summed E-state index contributed by atoms with van der Waals surface area (Å²) in [6.45, 7) is 1.65. The highest BCUT2D eigenvalue weighted by Gasteiger charge is 2.41. The minimum absolute atomic E-state index is 0.0413. The van der Waals surface area contributed by atoms with Gasteiger partial charge in [-0.25, -0.2) is 14.4 Å². The molecule has 1 fully saturated rings. The quantitative estimate of drug-likeness (QED) is 0.398. The highest BCUT2D eigenvalue weighted by Crippen LogP contribution is 2.36. The Bertz CT molecular complexity index is 1170. The normalized spacial score (nSPS) is 22.6. The van der Waals surface area contributed by atoms with Gasteiger partial charge in [0.25, 0.3) is 0 Å². The van der Waals surface area contributed by atoms with Gasteiger partial charge in [-0.1, -0.05) is 19.1 Å². The van der Waals surface area contributed by atoms with Crippen LogP contribution in [0.15, 0.2) is 49.1 Å². The second-order valence-electron chi connectivity index (χ2n) is 8.44. The van der Waals surface area contributed by atoms with E-state index in [1.165, 1.54) is 35.5 Å². The molecule has 34 heavy (non-hydrogen) atoms.